The molecule has 0 aliphatic rings. The molecule has 18 heavy (non-hydrogen) atoms. The topological polar surface area (TPSA) is 98.2 Å². The molecule has 0 amide bonds. The second kappa shape index (κ2) is 4.69. The second-order valence-electron chi connectivity index (χ2n) is 3.93. The van der Waals surface area contributed by atoms with Gasteiger partial charge in [0.2, 0.25) is 10.0 Å². The number of hydrogen-bond acceptors (Lipinski definition) is 5. The van der Waals surface area contributed by atoms with Crippen LogP contribution in [0.5, 0.6) is 0 Å². The van der Waals surface area contributed by atoms with Gasteiger partial charge in [-0.25, -0.2) is 8.42 Å². The third kappa shape index (κ3) is 3.24. The van der Waals surface area contributed by atoms with Gasteiger partial charge in [-0.15, -0.1) is 0 Å². The molecule has 0 atom stereocenters. The van der Waals surface area contributed by atoms with Gasteiger partial charge in [-0.3, -0.25) is 4.72 Å². The SMILES string of the molecule is Cc1cc(NS(=O)(=O)Cc2ccc(N)cc2)no1. The van der Waals surface area contributed by atoms with Crippen LogP contribution in [0, 0.1) is 6.92 Å². The Morgan fingerprint density at radius 3 is 2.56 bits per heavy atom. The van der Waals surface area contributed by atoms with Crippen LogP contribution in [0.4, 0.5) is 11.5 Å². The highest BCUT2D eigenvalue weighted by Gasteiger charge is 2.13. The molecule has 96 valence electrons. The summed E-state index contributed by atoms with van der Waals surface area (Å²) in [4.78, 5) is 0. The highest BCUT2D eigenvalue weighted by molar-refractivity contribution is 7.91. The third-order valence-electron chi connectivity index (χ3n) is 2.22. The van der Waals surface area contributed by atoms with Crippen molar-refractivity contribution in [2.24, 2.45) is 0 Å². The average molecular weight is 267 g/mol. The zero-order chi connectivity index (χ0) is 13.2. The number of aryl methyl sites for hydroxylation is 1. The van der Waals surface area contributed by atoms with Gasteiger partial charge in [-0.1, -0.05) is 17.3 Å². The van der Waals surface area contributed by atoms with Crippen molar-refractivity contribution in [1.82, 2.24) is 5.16 Å². The third-order valence-corrected chi connectivity index (χ3v) is 3.46. The molecule has 7 heteroatoms. The maximum Gasteiger partial charge on any atom is 0.238 e. The lowest BCUT2D eigenvalue weighted by atomic mass is 10.2. The molecule has 6 nitrogen and oxygen atoms in total. The lowest BCUT2D eigenvalue weighted by molar-refractivity contribution is 0.400. The van der Waals surface area contributed by atoms with E-state index in [-0.39, 0.29) is 11.6 Å². The number of rotatable bonds is 4. The molecule has 0 bridgehead atoms. The van der Waals surface area contributed by atoms with E-state index in [1.54, 1.807) is 31.2 Å². The fraction of sp³-hybridized carbons (Fsp3) is 0.182. The Kier molecular flexibility index (Phi) is 3.24. The van der Waals surface area contributed by atoms with Crippen LogP contribution in [0.3, 0.4) is 0 Å². The molecular formula is C11H13N3O3S. The van der Waals surface area contributed by atoms with Crippen molar-refractivity contribution in [2.75, 3.05) is 10.5 Å². The number of nitrogens with two attached hydrogens (primary N) is 1. The second-order valence-corrected chi connectivity index (χ2v) is 5.65. The molecule has 0 spiro atoms. The molecule has 1 aromatic carbocycles. The molecule has 0 unspecified atom stereocenters. The minimum Gasteiger partial charge on any atom is -0.399 e. The number of nitrogens with one attached hydrogen (secondary N) is 1. The zero-order valence-corrected chi connectivity index (χ0v) is 10.6. The summed E-state index contributed by atoms with van der Waals surface area (Å²) in [5.74, 6) is 0.585. The summed E-state index contributed by atoms with van der Waals surface area (Å²) in [5, 5.41) is 3.57. The monoisotopic (exact) mass is 267 g/mol. The summed E-state index contributed by atoms with van der Waals surface area (Å²) >= 11 is 0. The van der Waals surface area contributed by atoms with Crippen molar-refractivity contribution in [2.45, 2.75) is 12.7 Å². The molecule has 0 radical (unpaired) electrons. The first kappa shape index (κ1) is 12.4. The van der Waals surface area contributed by atoms with E-state index in [9.17, 15) is 8.42 Å². The van der Waals surface area contributed by atoms with E-state index in [4.69, 9.17) is 10.3 Å². The van der Waals surface area contributed by atoms with Crippen LogP contribution in [-0.4, -0.2) is 13.6 Å². The van der Waals surface area contributed by atoms with Gasteiger partial charge < -0.3 is 10.3 Å². The van der Waals surface area contributed by atoms with E-state index in [2.05, 4.69) is 9.88 Å². The van der Waals surface area contributed by atoms with Gasteiger partial charge in [0.1, 0.15) is 5.76 Å². The van der Waals surface area contributed by atoms with E-state index < -0.39 is 10.0 Å². The smallest absolute Gasteiger partial charge is 0.238 e. The van der Waals surface area contributed by atoms with Crippen LogP contribution in [0.1, 0.15) is 11.3 Å². The molecule has 0 saturated heterocycles. The average Bonchev–Trinajstić information content (AvgIpc) is 2.66. The molecule has 2 aromatic rings. The Hall–Kier alpha value is -2.02. The molecule has 0 aliphatic heterocycles. The van der Waals surface area contributed by atoms with Gasteiger partial charge in [-0.05, 0) is 24.6 Å². The number of sulfonamides is 1. The summed E-state index contributed by atoms with van der Waals surface area (Å²) in [6, 6.07) is 8.17. The number of aromatic nitrogens is 1. The summed E-state index contributed by atoms with van der Waals surface area (Å²) < 4.78 is 30.8. The summed E-state index contributed by atoms with van der Waals surface area (Å²) in [6.45, 7) is 1.69. The van der Waals surface area contributed by atoms with Gasteiger partial charge in [0.15, 0.2) is 5.82 Å². The molecular weight excluding hydrogens is 254 g/mol. The molecule has 0 saturated carbocycles. The van der Waals surface area contributed by atoms with E-state index in [1.165, 1.54) is 6.07 Å². The number of nitrogen functional groups attached to an aromatic ring is 1. The van der Waals surface area contributed by atoms with E-state index in [1.807, 2.05) is 0 Å². The van der Waals surface area contributed by atoms with E-state index in [0.29, 0.717) is 17.0 Å². The lowest BCUT2D eigenvalue weighted by Gasteiger charge is -2.05. The first-order chi connectivity index (χ1) is 8.44. The summed E-state index contributed by atoms with van der Waals surface area (Å²) in [5.41, 5.74) is 6.77. The van der Waals surface area contributed by atoms with Crippen molar-refractivity contribution >= 4 is 21.5 Å². The van der Waals surface area contributed by atoms with Crippen molar-refractivity contribution in [3.8, 4) is 0 Å². The Labute approximate surface area is 105 Å². The number of hydrogen-bond donors (Lipinski definition) is 2. The quantitative estimate of drug-likeness (QED) is 0.818. The van der Waals surface area contributed by atoms with Crippen LogP contribution in [0.2, 0.25) is 0 Å². The van der Waals surface area contributed by atoms with Gasteiger partial charge in [0.25, 0.3) is 0 Å². The van der Waals surface area contributed by atoms with Crippen molar-refractivity contribution in [3.05, 3.63) is 41.7 Å². The molecule has 0 fully saturated rings. The predicted molar refractivity (Wildman–Crippen MR) is 68.3 cm³/mol. The molecule has 1 heterocycles. The highest BCUT2D eigenvalue weighted by Crippen LogP contribution is 2.13. The largest absolute Gasteiger partial charge is 0.399 e. The first-order valence-corrected chi connectivity index (χ1v) is 6.88. The maximum atomic E-state index is 11.8. The van der Waals surface area contributed by atoms with Crippen LogP contribution in [0.25, 0.3) is 0 Å². The minimum atomic E-state index is -3.50. The van der Waals surface area contributed by atoms with Gasteiger partial charge in [0.05, 0.1) is 5.75 Å². The van der Waals surface area contributed by atoms with Gasteiger partial charge in [-0.2, -0.15) is 0 Å². The van der Waals surface area contributed by atoms with Crippen molar-refractivity contribution < 1.29 is 12.9 Å². The van der Waals surface area contributed by atoms with Gasteiger partial charge in [0, 0.05) is 11.8 Å². The maximum absolute atomic E-state index is 11.8. The highest BCUT2D eigenvalue weighted by atomic mass is 32.2. The predicted octanol–water partition coefficient (Wildman–Crippen LogP) is 1.51. The Bertz CT molecular complexity index is 632. The fourth-order valence-corrected chi connectivity index (χ4v) is 2.56. The van der Waals surface area contributed by atoms with E-state index >= 15 is 0 Å². The molecule has 0 aliphatic carbocycles. The van der Waals surface area contributed by atoms with E-state index in [0.717, 1.165) is 0 Å². The Balaban J connectivity index is 2.10. The number of benzene rings is 1. The van der Waals surface area contributed by atoms with Crippen LogP contribution in [0.15, 0.2) is 34.9 Å². The molecule has 3 N–H and O–H groups in total. The number of nitrogens with zero attached hydrogens (tertiary/aromatic N) is 1. The zero-order valence-electron chi connectivity index (χ0n) is 9.75. The molecule has 2 rings (SSSR count). The van der Waals surface area contributed by atoms with Crippen molar-refractivity contribution in [1.29, 1.82) is 0 Å². The fourth-order valence-electron chi connectivity index (χ4n) is 1.44. The first-order valence-electron chi connectivity index (χ1n) is 5.23. The molecule has 1 aromatic heterocycles. The standard InChI is InChI=1S/C11H13N3O3S/c1-8-6-11(13-17-8)14-18(15,16)7-9-2-4-10(12)5-3-9/h2-6H,7,12H2,1H3,(H,13,14). The lowest BCUT2D eigenvalue weighted by Crippen LogP contribution is -2.15. The van der Waals surface area contributed by atoms with Gasteiger partial charge >= 0.3 is 0 Å². The van der Waals surface area contributed by atoms with Crippen LogP contribution < -0.4 is 10.5 Å². The Morgan fingerprint density at radius 1 is 1.33 bits per heavy atom. The summed E-state index contributed by atoms with van der Waals surface area (Å²) in [6.07, 6.45) is 0. The van der Waals surface area contributed by atoms with Crippen LogP contribution in [-0.2, 0) is 15.8 Å². The number of anilines is 2. The van der Waals surface area contributed by atoms with Crippen LogP contribution >= 0.6 is 0 Å². The Morgan fingerprint density at radius 2 is 2.00 bits per heavy atom. The normalized spacial score (nSPS) is 11.4. The summed E-state index contributed by atoms with van der Waals surface area (Å²) in [7, 11) is -3.50. The van der Waals surface area contributed by atoms with Crippen molar-refractivity contribution in [3.63, 3.8) is 0 Å². The minimum absolute atomic E-state index is 0.140.